The SMILES string of the molecule is Cc1ocnc1C(=O)N1CC1. The molecule has 0 bridgehead atoms. The van der Waals surface area contributed by atoms with Crippen LogP contribution < -0.4 is 0 Å². The minimum atomic E-state index is -0.0174. The van der Waals surface area contributed by atoms with Crippen LogP contribution in [-0.4, -0.2) is 28.9 Å². The molecule has 2 heterocycles. The molecule has 1 aromatic heterocycles. The quantitative estimate of drug-likeness (QED) is 0.548. The van der Waals surface area contributed by atoms with Crippen molar-refractivity contribution in [3.05, 3.63) is 17.8 Å². The summed E-state index contributed by atoms with van der Waals surface area (Å²) in [6.07, 6.45) is 1.30. The molecule has 0 spiro atoms. The number of nitrogens with zero attached hydrogens (tertiary/aromatic N) is 2. The van der Waals surface area contributed by atoms with Crippen molar-refractivity contribution in [2.45, 2.75) is 6.92 Å². The van der Waals surface area contributed by atoms with Crippen LogP contribution in [0.4, 0.5) is 0 Å². The molecule has 0 aromatic carbocycles. The lowest BCUT2D eigenvalue weighted by atomic mass is 10.3. The maximum absolute atomic E-state index is 11.3. The highest BCUT2D eigenvalue weighted by Crippen LogP contribution is 2.13. The van der Waals surface area contributed by atoms with Crippen LogP contribution in [0.1, 0.15) is 16.2 Å². The van der Waals surface area contributed by atoms with E-state index in [1.165, 1.54) is 6.39 Å². The molecule has 1 aliphatic heterocycles. The Morgan fingerprint density at radius 2 is 2.45 bits per heavy atom. The lowest BCUT2D eigenvalue weighted by Crippen LogP contribution is -2.11. The first-order chi connectivity index (χ1) is 5.29. The maximum Gasteiger partial charge on any atom is 0.276 e. The Morgan fingerprint density at radius 1 is 1.73 bits per heavy atom. The van der Waals surface area contributed by atoms with Crippen LogP contribution in [0.25, 0.3) is 0 Å². The van der Waals surface area contributed by atoms with Gasteiger partial charge in [-0.3, -0.25) is 4.79 Å². The van der Waals surface area contributed by atoms with Crippen molar-refractivity contribution < 1.29 is 9.21 Å². The van der Waals surface area contributed by atoms with E-state index in [2.05, 4.69) is 4.98 Å². The fourth-order valence-corrected chi connectivity index (χ4v) is 0.913. The molecule has 1 saturated heterocycles. The van der Waals surface area contributed by atoms with E-state index in [0.29, 0.717) is 11.5 Å². The number of hydrogen-bond donors (Lipinski definition) is 0. The molecular formula is C7H8N2O2. The Hall–Kier alpha value is -1.32. The molecule has 0 unspecified atom stereocenters. The first-order valence-electron chi connectivity index (χ1n) is 3.48. The Bertz CT molecular complexity index is 288. The van der Waals surface area contributed by atoms with Gasteiger partial charge in [-0.15, -0.1) is 0 Å². The minimum absolute atomic E-state index is 0.0174. The Labute approximate surface area is 63.8 Å². The minimum Gasteiger partial charge on any atom is -0.448 e. The van der Waals surface area contributed by atoms with Gasteiger partial charge < -0.3 is 9.32 Å². The first kappa shape index (κ1) is 6.39. The van der Waals surface area contributed by atoms with E-state index in [4.69, 9.17) is 4.42 Å². The standard InChI is InChI=1S/C7H8N2O2/c1-5-6(8-4-11-5)7(10)9-2-3-9/h4H,2-3H2,1H3. The van der Waals surface area contributed by atoms with E-state index in [-0.39, 0.29) is 5.91 Å². The lowest BCUT2D eigenvalue weighted by molar-refractivity contribution is 0.0879. The number of rotatable bonds is 1. The summed E-state index contributed by atoms with van der Waals surface area (Å²) in [7, 11) is 0. The third kappa shape index (κ3) is 1.00. The second-order valence-corrected chi connectivity index (χ2v) is 2.55. The molecule has 4 heteroatoms. The van der Waals surface area contributed by atoms with Gasteiger partial charge in [0.05, 0.1) is 0 Å². The van der Waals surface area contributed by atoms with Crippen LogP contribution in [0.2, 0.25) is 0 Å². The number of aryl methyl sites for hydroxylation is 1. The average molecular weight is 152 g/mol. The molecule has 1 amide bonds. The van der Waals surface area contributed by atoms with Crippen LogP contribution in [-0.2, 0) is 0 Å². The summed E-state index contributed by atoms with van der Waals surface area (Å²) in [5, 5.41) is 0. The van der Waals surface area contributed by atoms with Crippen LogP contribution in [0.3, 0.4) is 0 Å². The second-order valence-electron chi connectivity index (χ2n) is 2.55. The fourth-order valence-electron chi connectivity index (χ4n) is 0.913. The molecule has 1 fully saturated rings. The highest BCUT2D eigenvalue weighted by Gasteiger charge is 2.28. The van der Waals surface area contributed by atoms with Crippen LogP contribution in [0, 0.1) is 6.92 Å². The molecule has 1 aliphatic rings. The van der Waals surface area contributed by atoms with Gasteiger partial charge in [-0.25, -0.2) is 4.98 Å². The maximum atomic E-state index is 11.3. The van der Waals surface area contributed by atoms with E-state index < -0.39 is 0 Å². The van der Waals surface area contributed by atoms with Crippen molar-refractivity contribution in [1.29, 1.82) is 0 Å². The van der Waals surface area contributed by atoms with Gasteiger partial charge in [0.15, 0.2) is 12.1 Å². The third-order valence-corrected chi connectivity index (χ3v) is 1.68. The summed E-state index contributed by atoms with van der Waals surface area (Å²) < 4.78 is 4.90. The highest BCUT2D eigenvalue weighted by atomic mass is 16.3. The van der Waals surface area contributed by atoms with Gasteiger partial charge in [0.1, 0.15) is 5.76 Å². The summed E-state index contributed by atoms with van der Waals surface area (Å²) >= 11 is 0. The number of carbonyl (C=O) groups is 1. The van der Waals surface area contributed by atoms with Crippen molar-refractivity contribution in [2.75, 3.05) is 13.1 Å². The third-order valence-electron chi connectivity index (χ3n) is 1.68. The van der Waals surface area contributed by atoms with Crippen LogP contribution in [0.15, 0.2) is 10.8 Å². The Kier molecular flexibility index (Phi) is 1.21. The molecule has 58 valence electrons. The highest BCUT2D eigenvalue weighted by molar-refractivity contribution is 5.94. The molecule has 1 aromatic rings. The molecule has 4 nitrogen and oxygen atoms in total. The van der Waals surface area contributed by atoms with Crippen molar-refractivity contribution in [3.8, 4) is 0 Å². The van der Waals surface area contributed by atoms with Gasteiger partial charge in [0.2, 0.25) is 0 Å². The number of amides is 1. The van der Waals surface area contributed by atoms with Gasteiger partial charge in [-0.2, -0.15) is 0 Å². The number of aromatic nitrogens is 1. The first-order valence-corrected chi connectivity index (χ1v) is 3.48. The zero-order valence-electron chi connectivity index (χ0n) is 6.20. The predicted molar refractivity (Wildman–Crippen MR) is 37.1 cm³/mol. The molecule has 11 heavy (non-hydrogen) atoms. The fraction of sp³-hybridized carbons (Fsp3) is 0.429. The number of oxazole rings is 1. The smallest absolute Gasteiger partial charge is 0.276 e. The van der Waals surface area contributed by atoms with E-state index in [1.807, 2.05) is 0 Å². The summed E-state index contributed by atoms with van der Waals surface area (Å²) in [6, 6.07) is 0. The molecular weight excluding hydrogens is 144 g/mol. The largest absolute Gasteiger partial charge is 0.448 e. The van der Waals surface area contributed by atoms with E-state index >= 15 is 0 Å². The molecule has 0 aliphatic carbocycles. The van der Waals surface area contributed by atoms with Crippen molar-refractivity contribution in [3.63, 3.8) is 0 Å². The molecule has 0 N–H and O–H groups in total. The van der Waals surface area contributed by atoms with Crippen molar-refractivity contribution >= 4 is 5.91 Å². The monoisotopic (exact) mass is 152 g/mol. The van der Waals surface area contributed by atoms with Crippen LogP contribution >= 0.6 is 0 Å². The van der Waals surface area contributed by atoms with Crippen molar-refractivity contribution in [2.24, 2.45) is 0 Å². The summed E-state index contributed by atoms with van der Waals surface area (Å²) in [5.74, 6) is 0.582. The second kappa shape index (κ2) is 2.08. The van der Waals surface area contributed by atoms with E-state index in [9.17, 15) is 4.79 Å². The number of hydrogen-bond acceptors (Lipinski definition) is 3. The molecule has 0 radical (unpaired) electrons. The Balaban J connectivity index is 2.27. The average Bonchev–Trinajstić information content (AvgIpc) is 2.74. The molecule has 2 rings (SSSR count). The lowest BCUT2D eigenvalue weighted by Gasteiger charge is -1.95. The van der Waals surface area contributed by atoms with Gasteiger partial charge in [0.25, 0.3) is 5.91 Å². The number of carbonyl (C=O) groups excluding carboxylic acids is 1. The normalized spacial score (nSPS) is 15.2. The zero-order chi connectivity index (χ0) is 7.84. The van der Waals surface area contributed by atoms with Crippen LogP contribution in [0.5, 0.6) is 0 Å². The summed E-state index contributed by atoms with van der Waals surface area (Å²) in [4.78, 5) is 16.8. The van der Waals surface area contributed by atoms with Gasteiger partial charge in [-0.1, -0.05) is 0 Å². The summed E-state index contributed by atoms with van der Waals surface area (Å²) in [6.45, 7) is 3.44. The zero-order valence-corrected chi connectivity index (χ0v) is 6.20. The topological polar surface area (TPSA) is 46.1 Å². The van der Waals surface area contributed by atoms with Crippen molar-refractivity contribution in [1.82, 2.24) is 9.88 Å². The van der Waals surface area contributed by atoms with E-state index in [0.717, 1.165) is 13.1 Å². The predicted octanol–water partition coefficient (Wildman–Crippen LogP) is 0.439. The van der Waals surface area contributed by atoms with E-state index in [1.54, 1.807) is 11.8 Å². The molecule has 0 atom stereocenters. The van der Waals surface area contributed by atoms with Gasteiger partial charge in [-0.05, 0) is 6.92 Å². The van der Waals surface area contributed by atoms with Gasteiger partial charge >= 0.3 is 0 Å². The van der Waals surface area contributed by atoms with Gasteiger partial charge in [0, 0.05) is 13.1 Å². The Morgan fingerprint density at radius 3 is 2.91 bits per heavy atom. The summed E-state index contributed by atoms with van der Waals surface area (Å²) in [5.41, 5.74) is 0.447. The molecule has 0 saturated carbocycles.